The molecule has 0 spiro atoms. The van der Waals surface area contributed by atoms with Crippen molar-refractivity contribution in [2.75, 3.05) is 0 Å². The van der Waals surface area contributed by atoms with E-state index in [2.05, 4.69) is 0 Å². The van der Waals surface area contributed by atoms with Gasteiger partial charge in [-0.2, -0.15) is 0 Å². The summed E-state index contributed by atoms with van der Waals surface area (Å²) < 4.78 is 0. The van der Waals surface area contributed by atoms with E-state index in [0.717, 1.165) is 0 Å². The molecular weight excluding hydrogens is 224 g/mol. The molecule has 64 valence electrons. The summed E-state index contributed by atoms with van der Waals surface area (Å²) in [6, 6.07) is 0. The van der Waals surface area contributed by atoms with Crippen molar-refractivity contribution in [3.05, 3.63) is 0 Å². The summed E-state index contributed by atoms with van der Waals surface area (Å²) in [5.74, 6) is 0. The summed E-state index contributed by atoms with van der Waals surface area (Å²) in [6.07, 6.45) is 0. The molecule has 0 heterocycles. The van der Waals surface area contributed by atoms with Crippen molar-refractivity contribution >= 4 is 55.8 Å². The van der Waals surface area contributed by atoms with Crippen LogP contribution in [-0.2, 0) is 0 Å². The van der Waals surface area contributed by atoms with Crippen LogP contribution in [-0.4, -0.2) is 84.6 Å². The molecule has 0 amide bonds. The third-order valence-corrected chi connectivity index (χ3v) is 0. The number of hydrogen-bond acceptors (Lipinski definition) is 8. The molecule has 0 aromatic heterocycles. The van der Waals surface area contributed by atoms with Gasteiger partial charge in [0.2, 0.25) is 0 Å². The molecule has 6 N–H and O–H groups in total. The van der Waals surface area contributed by atoms with Gasteiger partial charge in [0.25, 0.3) is 0 Å². The largest absolute Gasteiger partial charge is 2.00 e. The van der Waals surface area contributed by atoms with Gasteiger partial charge in [-0.15, -0.1) is 0 Å². The molecule has 0 radical (unpaired) electrons. The molecule has 0 atom stereocenters. The van der Waals surface area contributed by atoms with Crippen molar-refractivity contribution in [3.8, 4) is 0 Å². The molecule has 0 saturated carbocycles. The molecule has 8 nitrogen and oxygen atoms in total. The zero-order chi connectivity index (χ0) is 9.00. The first-order chi connectivity index (χ1) is 4.00. The van der Waals surface area contributed by atoms with Crippen LogP contribution in [0.5, 0.6) is 0 Å². The number of rotatable bonds is 0. The average Bonchev–Trinajstić information content (AvgIpc) is 1.12. The van der Waals surface area contributed by atoms with Gasteiger partial charge in [-0.05, 0) is 0 Å². The zero-order valence-electron chi connectivity index (χ0n) is 5.21. The van der Waals surface area contributed by atoms with E-state index in [1.165, 1.54) is 0 Å². The summed E-state index contributed by atoms with van der Waals surface area (Å²) in [5, 5.41) is 0. The van der Waals surface area contributed by atoms with E-state index in [-0.39, 0.29) is 37.7 Å². The molecule has 0 unspecified atom stereocenters. The monoisotopic (exact) mass is 230 g/mol. The maximum Gasteiger partial charge on any atom is 2.00 e. The molecule has 0 rings (SSSR count). The molecule has 0 aromatic carbocycles. The summed E-state index contributed by atoms with van der Waals surface area (Å²) in [4.78, 5) is 61.1. The minimum Gasteiger partial charge on any atom is -0.828 e. The van der Waals surface area contributed by atoms with Gasteiger partial charge in [-0.1, -0.05) is 0 Å². The molecule has 0 fully saturated rings. The average molecular weight is 230 g/mol. The Morgan fingerprint density at radius 3 is 0.727 bits per heavy atom. The SMILES string of the molecule is O[Si](O)(O)O.[Ca+2].[O-][Si]([O-])(O)O. The topological polar surface area (TPSA) is 168 Å². The van der Waals surface area contributed by atoms with Crippen LogP contribution in [0.4, 0.5) is 0 Å². The van der Waals surface area contributed by atoms with Crippen molar-refractivity contribution < 1.29 is 38.4 Å². The van der Waals surface area contributed by atoms with E-state index < -0.39 is 18.1 Å². The summed E-state index contributed by atoms with van der Waals surface area (Å²) in [7, 11) is -9.72. The first-order valence-electron chi connectivity index (χ1n) is 1.75. The Bertz CT molecular complexity index is 55.1. The molecule has 11 heavy (non-hydrogen) atoms. The van der Waals surface area contributed by atoms with Crippen LogP contribution in [0.15, 0.2) is 0 Å². The molecule has 0 aromatic rings. The van der Waals surface area contributed by atoms with Crippen LogP contribution in [0.3, 0.4) is 0 Å². The van der Waals surface area contributed by atoms with Gasteiger partial charge in [-0.3, -0.25) is 0 Å². The van der Waals surface area contributed by atoms with Crippen molar-refractivity contribution in [2.45, 2.75) is 0 Å². The Hall–Kier alpha value is 1.37. The maximum atomic E-state index is 8.80. The van der Waals surface area contributed by atoms with Gasteiger partial charge in [0.15, 0.2) is 0 Å². The fraction of sp³-hybridized carbons (Fsp3) is 0. The van der Waals surface area contributed by atoms with Gasteiger partial charge in [0.05, 0.1) is 0 Å². The van der Waals surface area contributed by atoms with Crippen molar-refractivity contribution in [3.63, 3.8) is 0 Å². The van der Waals surface area contributed by atoms with Crippen LogP contribution in [0.2, 0.25) is 0 Å². The minimum absolute atomic E-state index is 0. The van der Waals surface area contributed by atoms with E-state index in [1.54, 1.807) is 0 Å². The standard InChI is InChI=1S/Ca.H4O4Si.H2O4Si/c;2*1-5(2,3)4/h;1-4H;1-2H/q+2;;-2. The smallest absolute Gasteiger partial charge is 0.828 e. The Kier molecular flexibility index (Phi) is 11.3. The predicted octanol–water partition coefficient (Wildman–Crippen LogP) is -6.86. The first kappa shape index (κ1) is 18.2. The van der Waals surface area contributed by atoms with Crippen LogP contribution >= 0.6 is 0 Å². The van der Waals surface area contributed by atoms with Gasteiger partial charge in [-0.25, -0.2) is 0 Å². The van der Waals surface area contributed by atoms with E-state index in [0.29, 0.717) is 0 Å². The van der Waals surface area contributed by atoms with E-state index in [1.807, 2.05) is 0 Å². The predicted molar refractivity (Wildman–Crippen MR) is 30.6 cm³/mol. The zero-order valence-corrected chi connectivity index (χ0v) is 9.42. The molecule has 0 bridgehead atoms. The molecular formula is H6CaO8Si2. The van der Waals surface area contributed by atoms with Crippen LogP contribution in [0.1, 0.15) is 0 Å². The minimum atomic E-state index is -5.11. The van der Waals surface area contributed by atoms with Crippen molar-refractivity contribution in [2.24, 2.45) is 0 Å². The first-order valence-corrected chi connectivity index (χ1v) is 5.25. The van der Waals surface area contributed by atoms with Crippen LogP contribution in [0, 0.1) is 0 Å². The molecule has 0 saturated heterocycles. The van der Waals surface area contributed by atoms with Gasteiger partial charge < -0.3 is 38.4 Å². The van der Waals surface area contributed by atoms with E-state index in [9.17, 15) is 0 Å². The Morgan fingerprint density at radius 2 is 0.727 bits per heavy atom. The Labute approximate surface area is 93.6 Å². The van der Waals surface area contributed by atoms with Crippen molar-refractivity contribution in [1.82, 2.24) is 0 Å². The van der Waals surface area contributed by atoms with Crippen LogP contribution in [0.25, 0.3) is 0 Å². The molecule has 0 aliphatic heterocycles. The molecule has 11 heteroatoms. The van der Waals surface area contributed by atoms with Crippen molar-refractivity contribution in [1.29, 1.82) is 0 Å². The van der Waals surface area contributed by atoms with E-state index in [4.69, 9.17) is 38.4 Å². The second kappa shape index (κ2) is 6.84. The second-order valence-corrected chi connectivity index (χ2v) is 3.45. The van der Waals surface area contributed by atoms with Gasteiger partial charge >= 0.3 is 46.8 Å². The molecule has 0 aliphatic carbocycles. The quantitative estimate of drug-likeness (QED) is 0.223. The van der Waals surface area contributed by atoms with Crippen LogP contribution < -0.4 is 9.59 Å². The summed E-state index contributed by atoms with van der Waals surface area (Å²) in [6.45, 7) is 0. The second-order valence-electron chi connectivity index (χ2n) is 1.15. The van der Waals surface area contributed by atoms with Gasteiger partial charge in [0.1, 0.15) is 9.05 Å². The molecule has 0 aliphatic rings. The fourth-order valence-corrected chi connectivity index (χ4v) is 0. The van der Waals surface area contributed by atoms with Gasteiger partial charge in [0, 0.05) is 0 Å². The third-order valence-electron chi connectivity index (χ3n) is 0. The normalized spacial score (nSPS) is 10.9. The third kappa shape index (κ3) is 530. The summed E-state index contributed by atoms with van der Waals surface area (Å²) in [5.41, 5.74) is 0. The fourth-order valence-electron chi connectivity index (χ4n) is 0. The Balaban J connectivity index is -0.000000107. The number of hydrogen-bond donors (Lipinski definition) is 6. The Morgan fingerprint density at radius 1 is 0.727 bits per heavy atom. The maximum absolute atomic E-state index is 8.80. The summed E-state index contributed by atoms with van der Waals surface area (Å²) >= 11 is 0. The van der Waals surface area contributed by atoms with E-state index >= 15 is 0 Å².